The molecule has 0 radical (unpaired) electrons. The number of likely N-dealkylation sites (tertiary alicyclic amines) is 1. The molecule has 0 aliphatic carbocycles. The minimum Gasteiger partial charge on any atom is -0.497 e. The SMILES string of the molecule is COc1cccc(C(=O)NCCC2CCN(C(=O)Nc3ccccc3F)CC2)c1. The lowest BCUT2D eigenvalue weighted by Gasteiger charge is -2.32. The van der Waals surface area contributed by atoms with E-state index in [0.717, 1.165) is 19.3 Å². The second-order valence-corrected chi connectivity index (χ2v) is 7.12. The lowest BCUT2D eigenvalue weighted by atomic mass is 9.93. The largest absolute Gasteiger partial charge is 0.497 e. The number of hydrogen-bond donors (Lipinski definition) is 2. The molecule has 3 amide bonds. The number of nitrogens with zero attached hydrogens (tertiary/aromatic N) is 1. The van der Waals surface area contributed by atoms with Crippen molar-refractivity contribution >= 4 is 17.6 Å². The molecule has 1 aliphatic heterocycles. The van der Waals surface area contributed by atoms with Crippen molar-refractivity contribution in [3.05, 3.63) is 59.9 Å². The molecule has 0 spiro atoms. The van der Waals surface area contributed by atoms with E-state index in [2.05, 4.69) is 10.6 Å². The molecule has 1 aliphatic rings. The molecule has 29 heavy (non-hydrogen) atoms. The topological polar surface area (TPSA) is 70.7 Å². The number of methoxy groups -OCH3 is 1. The summed E-state index contributed by atoms with van der Waals surface area (Å²) in [6, 6.07) is 12.9. The van der Waals surface area contributed by atoms with Crippen molar-refractivity contribution in [3.63, 3.8) is 0 Å². The quantitative estimate of drug-likeness (QED) is 0.774. The Kier molecular flexibility index (Phi) is 7.05. The molecular formula is C22H26FN3O3. The first-order chi connectivity index (χ1) is 14.1. The van der Waals surface area contributed by atoms with Crippen LogP contribution in [0.3, 0.4) is 0 Å². The van der Waals surface area contributed by atoms with Gasteiger partial charge in [-0.3, -0.25) is 4.79 Å². The van der Waals surface area contributed by atoms with Gasteiger partial charge in [0.05, 0.1) is 12.8 Å². The number of ether oxygens (including phenoxy) is 1. The molecule has 0 aromatic heterocycles. The predicted octanol–water partition coefficient (Wildman–Crippen LogP) is 3.90. The van der Waals surface area contributed by atoms with Crippen molar-refractivity contribution in [3.8, 4) is 5.75 Å². The Bertz CT molecular complexity index is 851. The fourth-order valence-corrected chi connectivity index (χ4v) is 3.44. The number of carbonyl (C=O) groups excluding carboxylic acids is 2. The van der Waals surface area contributed by atoms with Crippen molar-refractivity contribution in [2.45, 2.75) is 19.3 Å². The zero-order chi connectivity index (χ0) is 20.6. The van der Waals surface area contributed by atoms with Gasteiger partial charge in [-0.25, -0.2) is 9.18 Å². The minimum absolute atomic E-state index is 0.120. The van der Waals surface area contributed by atoms with Crippen LogP contribution in [0.2, 0.25) is 0 Å². The first-order valence-corrected chi connectivity index (χ1v) is 9.79. The number of halogens is 1. The van der Waals surface area contributed by atoms with Crippen molar-refractivity contribution < 1.29 is 18.7 Å². The number of piperidine rings is 1. The highest BCUT2D eigenvalue weighted by Gasteiger charge is 2.23. The lowest BCUT2D eigenvalue weighted by molar-refractivity contribution is 0.0949. The molecule has 1 fully saturated rings. The fraction of sp³-hybridized carbons (Fsp3) is 0.364. The van der Waals surface area contributed by atoms with Crippen LogP contribution in [0, 0.1) is 11.7 Å². The van der Waals surface area contributed by atoms with Crippen LogP contribution in [-0.4, -0.2) is 43.6 Å². The van der Waals surface area contributed by atoms with Gasteiger partial charge in [-0.1, -0.05) is 18.2 Å². The average Bonchev–Trinajstić information content (AvgIpc) is 2.75. The van der Waals surface area contributed by atoms with Crippen LogP contribution in [0.25, 0.3) is 0 Å². The number of benzene rings is 2. The Labute approximate surface area is 170 Å². The van der Waals surface area contributed by atoms with Crippen LogP contribution in [0.4, 0.5) is 14.9 Å². The maximum Gasteiger partial charge on any atom is 0.321 e. The lowest BCUT2D eigenvalue weighted by Crippen LogP contribution is -2.41. The monoisotopic (exact) mass is 399 g/mol. The van der Waals surface area contributed by atoms with E-state index < -0.39 is 5.82 Å². The van der Waals surface area contributed by atoms with Gasteiger partial charge < -0.3 is 20.3 Å². The van der Waals surface area contributed by atoms with E-state index in [4.69, 9.17) is 4.74 Å². The minimum atomic E-state index is -0.442. The third kappa shape index (κ3) is 5.70. The molecule has 154 valence electrons. The molecule has 2 aromatic carbocycles. The summed E-state index contributed by atoms with van der Waals surface area (Å²) in [5.41, 5.74) is 0.767. The summed E-state index contributed by atoms with van der Waals surface area (Å²) in [6.07, 6.45) is 2.58. The van der Waals surface area contributed by atoms with Crippen LogP contribution in [0.5, 0.6) is 5.75 Å². The zero-order valence-electron chi connectivity index (χ0n) is 16.5. The number of para-hydroxylation sites is 1. The van der Waals surface area contributed by atoms with Gasteiger partial charge in [0, 0.05) is 25.2 Å². The van der Waals surface area contributed by atoms with Crippen LogP contribution in [0.1, 0.15) is 29.6 Å². The van der Waals surface area contributed by atoms with Crippen molar-refractivity contribution in [2.24, 2.45) is 5.92 Å². The summed E-state index contributed by atoms with van der Waals surface area (Å²) >= 11 is 0. The summed E-state index contributed by atoms with van der Waals surface area (Å²) < 4.78 is 18.8. The van der Waals surface area contributed by atoms with Crippen LogP contribution >= 0.6 is 0 Å². The highest BCUT2D eigenvalue weighted by molar-refractivity contribution is 5.94. The molecule has 7 heteroatoms. The van der Waals surface area contributed by atoms with Crippen molar-refractivity contribution in [2.75, 3.05) is 32.1 Å². The summed E-state index contributed by atoms with van der Waals surface area (Å²) in [4.78, 5) is 26.3. The molecular weight excluding hydrogens is 373 g/mol. The Morgan fingerprint density at radius 1 is 1.14 bits per heavy atom. The Hall–Kier alpha value is -3.09. The normalized spacial score (nSPS) is 14.3. The zero-order valence-corrected chi connectivity index (χ0v) is 16.5. The molecule has 0 saturated carbocycles. The Balaban J connectivity index is 1.39. The standard InChI is InChI=1S/C22H26FN3O3/c1-29-18-6-4-5-17(15-18)21(27)24-12-9-16-10-13-26(14-11-16)22(28)25-20-8-3-2-7-19(20)23/h2-8,15-16H,9-14H2,1H3,(H,24,27)(H,25,28). The molecule has 0 unspecified atom stereocenters. The molecule has 1 saturated heterocycles. The van der Waals surface area contributed by atoms with E-state index in [1.54, 1.807) is 54.5 Å². The number of carbonyl (C=O) groups is 2. The number of rotatable bonds is 6. The third-order valence-electron chi connectivity index (χ3n) is 5.19. The molecule has 2 aromatic rings. The van der Waals surface area contributed by atoms with Crippen molar-refractivity contribution in [1.82, 2.24) is 10.2 Å². The molecule has 0 bridgehead atoms. The van der Waals surface area contributed by atoms with E-state index in [9.17, 15) is 14.0 Å². The first kappa shape index (κ1) is 20.6. The summed E-state index contributed by atoms with van der Waals surface area (Å²) in [7, 11) is 1.57. The summed E-state index contributed by atoms with van der Waals surface area (Å²) in [5, 5.41) is 5.57. The average molecular weight is 399 g/mol. The number of anilines is 1. The van der Waals surface area contributed by atoms with E-state index in [-0.39, 0.29) is 17.6 Å². The van der Waals surface area contributed by atoms with Gasteiger partial charge in [0.1, 0.15) is 11.6 Å². The molecule has 6 nitrogen and oxygen atoms in total. The van der Waals surface area contributed by atoms with Crippen LogP contribution in [-0.2, 0) is 0 Å². The first-order valence-electron chi connectivity index (χ1n) is 9.79. The smallest absolute Gasteiger partial charge is 0.321 e. The van der Waals surface area contributed by atoms with Crippen LogP contribution < -0.4 is 15.4 Å². The number of urea groups is 1. The van der Waals surface area contributed by atoms with Gasteiger partial charge in [0.25, 0.3) is 5.91 Å². The van der Waals surface area contributed by atoms with E-state index >= 15 is 0 Å². The highest BCUT2D eigenvalue weighted by Crippen LogP contribution is 2.21. The van der Waals surface area contributed by atoms with Gasteiger partial charge in [-0.15, -0.1) is 0 Å². The highest BCUT2D eigenvalue weighted by atomic mass is 19.1. The third-order valence-corrected chi connectivity index (χ3v) is 5.19. The maximum absolute atomic E-state index is 13.7. The number of nitrogens with one attached hydrogen (secondary N) is 2. The van der Waals surface area contributed by atoms with E-state index in [0.29, 0.717) is 36.9 Å². The maximum atomic E-state index is 13.7. The molecule has 1 heterocycles. The number of hydrogen-bond acceptors (Lipinski definition) is 3. The second kappa shape index (κ2) is 9.91. The Morgan fingerprint density at radius 2 is 1.90 bits per heavy atom. The van der Waals surface area contributed by atoms with Gasteiger partial charge in [-0.2, -0.15) is 0 Å². The fourth-order valence-electron chi connectivity index (χ4n) is 3.44. The Morgan fingerprint density at radius 3 is 2.62 bits per heavy atom. The van der Waals surface area contributed by atoms with Gasteiger partial charge >= 0.3 is 6.03 Å². The molecule has 0 atom stereocenters. The molecule has 3 rings (SSSR count). The second-order valence-electron chi connectivity index (χ2n) is 7.12. The summed E-state index contributed by atoms with van der Waals surface area (Å²) in [6.45, 7) is 1.83. The van der Waals surface area contributed by atoms with Gasteiger partial charge in [0.15, 0.2) is 0 Å². The van der Waals surface area contributed by atoms with Gasteiger partial charge in [-0.05, 0) is 55.5 Å². The van der Waals surface area contributed by atoms with Crippen LogP contribution in [0.15, 0.2) is 48.5 Å². The molecule has 2 N–H and O–H groups in total. The van der Waals surface area contributed by atoms with E-state index in [1.807, 2.05) is 0 Å². The van der Waals surface area contributed by atoms with Gasteiger partial charge in [0.2, 0.25) is 0 Å². The predicted molar refractivity (Wildman–Crippen MR) is 110 cm³/mol. The van der Waals surface area contributed by atoms with Crippen molar-refractivity contribution in [1.29, 1.82) is 0 Å². The summed E-state index contributed by atoms with van der Waals surface area (Å²) in [5.74, 6) is 0.532. The number of amides is 3. The van der Waals surface area contributed by atoms with E-state index in [1.165, 1.54) is 6.07 Å².